The number of nitrogens with one attached hydrogen (secondary N) is 2. The number of anilines is 1. The second kappa shape index (κ2) is 7.45. The summed E-state index contributed by atoms with van der Waals surface area (Å²) in [6, 6.07) is 1.68. The molecule has 0 atom stereocenters. The molecule has 1 aromatic rings. The van der Waals surface area contributed by atoms with Crippen LogP contribution in [0.1, 0.15) is 33.6 Å². The van der Waals surface area contributed by atoms with Crippen LogP contribution in [-0.4, -0.2) is 26.5 Å². The smallest absolute Gasteiger partial charge is 0.244 e. The van der Waals surface area contributed by atoms with Gasteiger partial charge in [0.25, 0.3) is 0 Å². The first-order valence-corrected chi connectivity index (χ1v) is 8.20. The number of hydrogen-bond donors (Lipinski definition) is 2. The highest BCUT2D eigenvalue weighted by atomic mass is 32.2. The van der Waals surface area contributed by atoms with Gasteiger partial charge in [0.15, 0.2) is 0 Å². The summed E-state index contributed by atoms with van der Waals surface area (Å²) in [6.07, 6.45) is 4.89. The van der Waals surface area contributed by atoms with Gasteiger partial charge in [-0.2, -0.15) is 0 Å². The summed E-state index contributed by atoms with van der Waals surface area (Å²) in [5.74, 6) is 0.369. The van der Waals surface area contributed by atoms with Crippen molar-refractivity contribution in [3.63, 3.8) is 0 Å². The Morgan fingerprint density at radius 2 is 1.95 bits per heavy atom. The molecule has 1 aromatic heterocycles. The number of rotatable bonds is 8. The minimum absolute atomic E-state index is 0.211. The number of hydrogen-bond acceptors (Lipinski definition) is 4. The van der Waals surface area contributed by atoms with Crippen LogP contribution in [-0.2, 0) is 10.0 Å². The van der Waals surface area contributed by atoms with Gasteiger partial charge in [-0.1, -0.05) is 26.7 Å². The van der Waals surface area contributed by atoms with Crippen molar-refractivity contribution in [2.75, 3.05) is 18.4 Å². The predicted molar refractivity (Wildman–Crippen MR) is 77.7 cm³/mol. The summed E-state index contributed by atoms with van der Waals surface area (Å²) in [6.45, 7) is 7.19. The van der Waals surface area contributed by atoms with E-state index in [1.807, 2.05) is 6.92 Å². The van der Waals surface area contributed by atoms with E-state index in [9.17, 15) is 8.42 Å². The monoisotopic (exact) mass is 285 g/mol. The summed E-state index contributed by atoms with van der Waals surface area (Å²) in [5.41, 5.74) is 0.592. The zero-order valence-corrected chi connectivity index (χ0v) is 12.6. The summed E-state index contributed by atoms with van der Waals surface area (Å²) >= 11 is 0. The van der Waals surface area contributed by atoms with E-state index in [1.165, 1.54) is 6.20 Å². The van der Waals surface area contributed by atoms with E-state index in [-0.39, 0.29) is 4.90 Å². The van der Waals surface area contributed by atoms with E-state index in [1.54, 1.807) is 12.3 Å². The molecule has 1 heterocycles. The van der Waals surface area contributed by atoms with E-state index >= 15 is 0 Å². The van der Waals surface area contributed by atoms with Gasteiger partial charge in [-0.3, -0.25) is 4.98 Å². The lowest BCUT2D eigenvalue weighted by Crippen LogP contribution is -2.29. The Balaban J connectivity index is 2.88. The zero-order chi connectivity index (χ0) is 14.3. The normalized spacial score (nSPS) is 11.8. The lowest BCUT2D eigenvalue weighted by atomic mass is 10.0. The molecule has 0 bridgehead atoms. The Morgan fingerprint density at radius 3 is 2.53 bits per heavy atom. The van der Waals surface area contributed by atoms with Crippen molar-refractivity contribution < 1.29 is 8.42 Å². The van der Waals surface area contributed by atoms with Gasteiger partial charge in [-0.05, 0) is 18.9 Å². The lowest BCUT2D eigenvalue weighted by Gasteiger charge is -2.15. The molecule has 0 aromatic carbocycles. The molecule has 2 N–H and O–H groups in total. The van der Waals surface area contributed by atoms with Gasteiger partial charge >= 0.3 is 0 Å². The van der Waals surface area contributed by atoms with Crippen LogP contribution >= 0.6 is 0 Å². The number of sulfonamides is 1. The Morgan fingerprint density at radius 1 is 1.26 bits per heavy atom. The molecular formula is C13H23N3O2S. The van der Waals surface area contributed by atoms with Crippen LogP contribution in [0.4, 0.5) is 5.69 Å². The van der Waals surface area contributed by atoms with Crippen LogP contribution in [0.15, 0.2) is 23.4 Å². The minimum atomic E-state index is -3.50. The lowest BCUT2D eigenvalue weighted by molar-refractivity contribution is 0.479. The van der Waals surface area contributed by atoms with E-state index in [4.69, 9.17) is 0 Å². The quantitative estimate of drug-likeness (QED) is 0.768. The molecule has 0 aliphatic carbocycles. The summed E-state index contributed by atoms with van der Waals surface area (Å²) < 4.78 is 27.2. The minimum Gasteiger partial charge on any atom is -0.384 e. The fraction of sp³-hybridized carbons (Fsp3) is 0.615. The predicted octanol–water partition coefficient (Wildman–Crippen LogP) is 2.23. The third-order valence-electron chi connectivity index (χ3n) is 3.16. The van der Waals surface area contributed by atoms with Crippen molar-refractivity contribution in [1.82, 2.24) is 9.71 Å². The second-order valence-corrected chi connectivity index (χ2v) is 6.17. The molecule has 0 aliphatic rings. The topological polar surface area (TPSA) is 71.1 Å². The third kappa shape index (κ3) is 4.47. The average molecular weight is 285 g/mol. The molecule has 1 rings (SSSR count). The van der Waals surface area contributed by atoms with Crippen LogP contribution in [0.25, 0.3) is 0 Å². The molecule has 0 aliphatic heterocycles. The maximum atomic E-state index is 12.3. The van der Waals surface area contributed by atoms with E-state index in [0.717, 1.165) is 12.8 Å². The molecule has 0 unspecified atom stereocenters. The van der Waals surface area contributed by atoms with Gasteiger partial charge < -0.3 is 5.32 Å². The van der Waals surface area contributed by atoms with Crippen LogP contribution in [0.2, 0.25) is 0 Å². The summed E-state index contributed by atoms with van der Waals surface area (Å²) in [7, 11) is -3.50. The van der Waals surface area contributed by atoms with Crippen molar-refractivity contribution in [2.45, 2.75) is 38.5 Å². The van der Waals surface area contributed by atoms with E-state index in [0.29, 0.717) is 24.7 Å². The standard InChI is InChI=1S/C13H23N3O2S/c1-4-11(5-2)9-16-19(17,18)13-10-14-8-7-12(13)15-6-3/h7-8,10-11,16H,4-6,9H2,1-3H3,(H,14,15). The molecule has 108 valence electrons. The molecule has 0 amide bonds. The fourth-order valence-corrected chi connectivity index (χ4v) is 3.05. The van der Waals surface area contributed by atoms with Crippen LogP contribution in [0.3, 0.4) is 0 Å². The van der Waals surface area contributed by atoms with Gasteiger partial charge in [0.2, 0.25) is 10.0 Å². The largest absolute Gasteiger partial charge is 0.384 e. The van der Waals surface area contributed by atoms with E-state index < -0.39 is 10.0 Å². The van der Waals surface area contributed by atoms with Crippen molar-refractivity contribution in [1.29, 1.82) is 0 Å². The molecule has 0 spiro atoms. The van der Waals surface area contributed by atoms with Gasteiger partial charge in [0.1, 0.15) is 4.90 Å². The first kappa shape index (κ1) is 15.9. The SMILES string of the molecule is CCNc1ccncc1S(=O)(=O)NCC(CC)CC. The van der Waals surface area contributed by atoms with Crippen LogP contribution in [0.5, 0.6) is 0 Å². The summed E-state index contributed by atoms with van der Waals surface area (Å²) in [4.78, 5) is 4.11. The van der Waals surface area contributed by atoms with Crippen LogP contribution < -0.4 is 10.0 Å². The third-order valence-corrected chi connectivity index (χ3v) is 4.61. The summed E-state index contributed by atoms with van der Waals surface area (Å²) in [5, 5.41) is 3.04. The molecular weight excluding hydrogens is 262 g/mol. The van der Waals surface area contributed by atoms with Gasteiger partial charge in [0.05, 0.1) is 5.69 Å². The second-order valence-electron chi connectivity index (χ2n) is 4.44. The van der Waals surface area contributed by atoms with E-state index in [2.05, 4.69) is 28.9 Å². The zero-order valence-electron chi connectivity index (χ0n) is 11.8. The molecule has 0 fully saturated rings. The molecule has 6 heteroatoms. The molecule has 0 radical (unpaired) electrons. The molecule has 19 heavy (non-hydrogen) atoms. The number of pyridine rings is 1. The number of aromatic nitrogens is 1. The fourth-order valence-electron chi connectivity index (χ4n) is 1.81. The average Bonchev–Trinajstić information content (AvgIpc) is 2.41. The first-order valence-electron chi connectivity index (χ1n) is 6.72. The highest BCUT2D eigenvalue weighted by molar-refractivity contribution is 7.89. The van der Waals surface area contributed by atoms with Gasteiger partial charge in [-0.15, -0.1) is 0 Å². The van der Waals surface area contributed by atoms with Crippen molar-refractivity contribution in [3.8, 4) is 0 Å². The van der Waals surface area contributed by atoms with Crippen LogP contribution in [0, 0.1) is 5.92 Å². The Labute approximate surface area is 115 Å². The maximum absolute atomic E-state index is 12.3. The molecule has 0 saturated carbocycles. The molecule has 5 nitrogen and oxygen atoms in total. The Bertz CT molecular complexity index is 484. The van der Waals surface area contributed by atoms with Crippen molar-refractivity contribution >= 4 is 15.7 Å². The first-order chi connectivity index (χ1) is 9.05. The van der Waals surface area contributed by atoms with Crippen molar-refractivity contribution in [3.05, 3.63) is 18.5 Å². The van der Waals surface area contributed by atoms with Gasteiger partial charge in [0, 0.05) is 25.5 Å². The Kier molecular flexibility index (Phi) is 6.24. The molecule has 0 saturated heterocycles. The maximum Gasteiger partial charge on any atom is 0.244 e. The highest BCUT2D eigenvalue weighted by Crippen LogP contribution is 2.19. The highest BCUT2D eigenvalue weighted by Gasteiger charge is 2.19. The van der Waals surface area contributed by atoms with Crippen molar-refractivity contribution in [2.24, 2.45) is 5.92 Å². The Hall–Kier alpha value is -1.14. The number of nitrogens with zero attached hydrogens (tertiary/aromatic N) is 1. The van der Waals surface area contributed by atoms with Gasteiger partial charge in [-0.25, -0.2) is 13.1 Å².